The van der Waals surface area contributed by atoms with Crippen molar-refractivity contribution in [3.63, 3.8) is 0 Å². The van der Waals surface area contributed by atoms with E-state index in [0.29, 0.717) is 17.1 Å². The number of benzene rings is 3. The van der Waals surface area contributed by atoms with Gasteiger partial charge in [-0.05, 0) is 30.5 Å². The molecule has 176 valence electrons. The van der Waals surface area contributed by atoms with Gasteiger partial charge in [0.25, 0.3) is 5.91 Å². The summed E-state index contributed by atoms with van der Waals surface area (Å²) in [5, 5.41) is 6.80. The zero-order valence-corrected chi connectivity index (χ0v) is 20.1. The number of carbonyl (C=O) groups excluding carboxylic acids is 2. The van der Waals surface area contributed by atoms with Gasteiger partial charge in [0.15, 0.2) is 0 Å². The van der Waals surface area contributed by atoms with Crippen molar-refractivity contribution in [2.24, 2.45) is 0 Å². The monoisotopic (exact) mass is 482 g/mol. The fraction of sp³-hybridized carbons (Fsp3) is 0.179. The first-order chi connectivity index (χ1) is 17.2. The van der Waals surface area contributed by atoms with Gasteiger partial charge in [-0.15, -0.1) is 11.3 Å². The summed E-state index contributed by atoms with van der Waals surface area (Å²) in [5.41, 5.74) is 4.20. The number of likely N-dealkylation sites (tertiary alicyclic amines) is 1. The molecule has 3 amide bonds. The van der Waals surface area contributed by atoms with Gasteiger partial charge in [0.2, 0.25) is 0 Å². The number of aromatic nitrogens is 1. The standard InChI is InChI=1S/C28H26N4O2S/c33-26(29-19-20-10-9-15-23(18-20)30-28(34)32-16-7-8-17-32)25-24(21-11-3-1-4-12-21)31-27(35-25)22-13-5-2-6-14-22/h1-6,9-15,18H,7-8,16-17,19H2,(H,29,33)(H,30,34). The molecule has 3 aromatic carbocycles. The van der Waals surface area contributed by atoms with E-state index < -0.39 is 0 Å². The number of anilines is 1. The van der Waals surface area contributed by atoms with Crippen LogP contribution in [0.1, 0.15) is 28.1 Å². The predicted octanol–water partition coefficient (Wildman–Crippen LogP) is 6.03. The average molecular weight is 483 g/mol. The van der Waals surface area contributed by atoms with Crippen molar-refractivity contribution in [2.45, 2.75) is 19.4 Å². The molecule has 0 spiro atoms. The minimum atomic E-state index is -0.171. The average Bonchev–Trinajstić information content (AvgIpc) is 3.60. The van der Waals surface area contributed by atoms with Gasteiger partial charge in [-0.3, -0.25) is 4.79 Å². The third kappa shape index (κ3) is 5.41. The van der Waals surface area contributed by atoms with Crippen LogP contribution in [-0.2, 0) is 6.54 Å². The van der Waals surface area contributed by atoms with Crippen LogP contribution in [0, 0.1) is 0 Å². The lowest BCUT2D eigenvalue weighted by molar-refractivity contribution is 0.0955. The second-order valence-electron chi connectivity index (χ2n) is 8.44. The first-order valence-electron chi connectivity index (χ1n) is 11.7. The summed E-state index contributed by atoms with van der Waals surface area (Å²) in [5.74, 6) is -0.171. The number of hydrogen-bond acceptors (Lipinski definition) is 4. The molecule has 0 saturated carbocycles. The Morgan fingerprint density at radius 1 is 0.857 bits per heavy atom. The first-order valence-corrected chi connectivity index (χ1v) is 12.5. The van der Waals surface area contributed by atoms with E-state index in [0.717, 1.165) is 53.3 Å². The minimum absolute atomic E-state index is 0.0747. The first kappa shape index (κ1) is 22.8. The van der Waals surface area contributed by atoms with E-state index in [1.54, 1.807) is 0 Å². The van der Waals surface area contributed by atoms with Crippen molar-refractivity contribution in [2.75, 3.05) is 18.4 Å². The van der Waals surface area contributed by atoms with Gasteiger partial charge in [0, 0.05) is 36.4 Å². The topological polar surface area (TPSA) is 74.3 Å². The van der Waals surface area contributed by atoms with E-state index in [2.05, 4.69) is 10.6 Å². The Kier molecular flexibility index (Phi) is 6.86. The van der Waals surface area contributed by atoms with Crippen LogP contribution in [0.3, 0.4) is 0 Å². The third-order valence-electron chi connectivity index (χ3n) is 5.93. The molecule has 0 radical (unpaired) electrons. The zero-order chi connectivity index (χ0) is 24.0. The highest BCUT2D eigenvalue weighted by molar-refractivity contribution is 7.17. The number of nitrogens with zero attached hydrogens (tertiary/aromatic N) is 2. The number of nitrogens with one attached hydrogen (secondary N) is 2. The quantitative estimate of drug-likeness (QED) is 0.352. The smallest absolute Gasteiger partial charge is 0.321 e. The maximum absolute atomic E-state index is 13.3. The lowest BCUT2D eigenvalue weighted by Crippen LogP contribution is -2.32. The number of amides is 3. The molecule has 7 heteroatoms. The lowest BCUT2D eigenvalue weighted by atomic mass is 10.1. The third-order valence-corrected chi connectivity index (χ3v) is 7.03. The SMILES string of the molecule is O=C(NCc1cccc(NC(=O)N2CCCC2)c1)c1sc(-c2ccccc2)nc1-c1ccccc1. The Bertz CT molecular complexity index is 1320. The Labute approximate surface area is 208 Å². The van der Waals surface area contributed by atoms with E-state index in [1.807, 2.05) is 89.8 Å². The van der Waals surface area contributed by atoms with Crippen molar-refractivity contribution in [3.8, 4) is 21.8 Å². The molecule has 5 rings (SSSR count). The van der Waals surface area contributed by atoms with Crippen LogP contribution in [0.4, 0.5) is 10.5 Å². The van der Waals surface area contributed by atoms with Crippen LogP contribution < -0.4 is 10.6 Å². The summed E-state index contributed by atoms with van der Waals surface area (Å²) in [6.07, 6.45) is 2.10. The number of carbonyl (C=O) groups is 2. The lowest BCUT2D eigenvalue weighted by Gasteiger charge is -2.16. The van der Waals surface area contributed by atoms with Crippen LogP contribution in [0.25, 0.3) is 21.8 Å². The second kappa shape index (κ2) is 10.5. The van der Waals surface area contributed by atoms with E-state index in [1.165, 1.54) is 11.3 Å². The fourth-order valence-corrected chi connectivity index (χ4v) is 5.12. The number of urea groups is 1. The maximum atomic E-state index is 13.3. The highest BCUT2D eigenvalue weighted by Gasteiger charge is 2.21. The molecule has 4 aromatic rings. The zero-order valence-electron chi connectivity index (χ0n) is 19.2. The molecule has 0 atom stereocenters. The van der Waals surface area contributed by atoms with Crippen molar-refractivity contribution < 1.29 is 9.59 Å². The molecule has 1 saturated heterocycles. The van der Waals surface area contributed by atoms with E-state index in [-0.39, 0.29) is 11.9 Å². The number of rotatable bonds is 6. The second-order valence-corrected chi connectivity index (χ2v) is 9.44. The van der Waals surface area contributed by atoms with Crippen LogP contribution in [0.5, 0.6) is 0 Å². The number of hydrogen-bond donors (Lipinski definition) is 2. The molecular weight excluding hydrogens is 456 g/mol. The highest BCUT2D eigenvalue weighted by Crippen LogP contribution is 2.33. The van der Waals surface area contributed by atoms with Crippen LogP contribution in [0.15, 0.2) is 84.9 Å². The summed E-state index contributed by atoms with van der Waals surface area (Å²) in [4.78, 5) is 32.9. The van der Waals surface area contributed by atoms with Crippen LogP contribution in [-0.4, -0.2) is 34.9 Å². The van der Waals surface area contributed by atoms with Gasteiger partial charge in [0.05, 0.1) is 5.69 Å². The minimum Gasteiger partial charge on any atom is -0.347 e. The summed E-state index contributed by atoms with van der Waals surface area (Å²) in [6.45, 7) is 1.94. The largest absolute Gasteiger partial charge is 0.347 e. The van der Waals surface area contributed by atoms with E-state index in [4.69, 9.17) is 4.98 Å². The van der Waals surface area contributed by atoms with Crippen molar-refractivity contribution in [3.05, 3.63) is 95.4 Å². The molecule has 1 aromatic heterocycles. The van der Waals surface area contributed by atoms with Crippen molar-refractivity contribution >= 4 is 29.0 Å². The normalized spacial score (nSPS) is 13.0. The van der Waals surface area contributed by atoms with Gasteiger partial charge in [-0.25, -0.2) is 9.78 Å². The molecule has 2 heterocycles. The van der Waals surface area contributed by atoms with Crippen LogP contribution in [0.2, 0.25) is 0 Å². The molecule has 0 bridgehead atoms. The molecule has 1 fully saturated rings. The molecule has 0 aliphatic carbocycles. The molecule has 6 nitrogen and oxygen atoms in total. The van der Waals surface area contributed by atoms with Gasteiger partial charge < -0.3 is 15.5 Å². The van der Waals surface area contributed by atoms with Crippen molar-refractivity contribution in [1.29, 1.82) is 0 Å². The van der Waals surface area contributed by atoms with Crippen molar-refractivity contribution in [1.82, 2.24) is 15.2 Å². The van der Waals surface area contributed by atoms with Gasteiger partial charge in [0.1, 0.15) is 9.88 Å². The Morgan fingerprint density at radius 3 is 2.26 bits per heavy atom. The van der Waals surface area contributed by atoms with E-state index in [9.17, 15) is 9.59 Å². The molecule has 1 aliphatic rings. The highest BCUT2D eigenvalue weighted by atomic mass is 32.1. The Morgan fingerprint density at radius 2 is 1.54 bits per heavy atom. The molecule has 35 heavy (non-hydrogen) atoms. The molecular formula is C28H26N4O2S. The predicted molar refractivity (Wildman–Crippen MR) is 140 cm³/mol. The molecule has 1 aliphatic heterocycles. The Balaban J connectivity index is 1.32. The fourth-order valence-electron chi connectivity index (χ4n) is 4.11. The van der Waals surface area contributed by atoms with Crippen LogP contribution >= 0.6 is 11.3 Å². The van der Waals surface area contributed by atoms with Gasteiger partial charge in [-0.1, -0.05) is 72.8 Å². The molecule has 2 N–H and O–H groups in total. The Hall–Kier alpha value is -3.97. The maximum Gasteiger partial charge on any atom is 0.321 e. The summed E-state index contributed by atoms with van der Waals surface area (Å²) in [7, 11) is 0. The summed E-state index contributed by atoms with van der Waals surface area (Å²) >= 11 is 1.39. The molecule has 0 unspecified atom stereocenters. The van der Waals surface area contributed by atoms with E-state index >= 15 is 0 Å². The van der Waals surface area contributed by atoms with Gasteiger partial charge >= 0.3 is 6.03 Å². The summed E-state index contributed by atoms with van der Waals surface area (Å²) in [6, 6.07) is 27.2. The summed E-state index contributed by atoms with van der Waals surface area (Å²) < 4.78 is 0. The van der Waals surface area contributed by atoms with Gasteiger partial charge in [-0.2, -0.15) is 0 Å². The number of thiazole rings is 1.